The van der Waals surface area contributed by atoms with Gasteiger partial charge in [-0.15, -0.1) is 11.3 Å². The molecule has 0 saturated carbocycles. The molecule has 6 aromatic heterocycles. The maximum atomic E-state index is 9.50. The molecule has 6 heteroatoms. The first-order chi connectivity index (χ1) is 68.5. The molecule has 0 aliphatic heterocycles. The summed E-state index contributed by atoms with van der Waals surface area (Å²) in [5, 5.41) is 12.2. The Balaban J connectivity index is 0.000000121. The number of rotatable bonds is 13. The van der Waals surface area contributed by atoms with Crippen molar-refractivity contribution < 1.29 is 20.9 Å². The highest BCUT2D eigenvalue weighted by atomic mass is 32.1. The Morgan fingerprint density at radius 1 is 0.233 bits per heavy atom. The molecule has 0 saturated heterocycles. The molecule has 6 heterocycles. The van der Waals surface area contributed by atoms with Gasteiger partial charge < -0.3 is 22.7 Å². The fourth-order valence-electron chi connectivity index (χ4n) is 19.6. The van der Waals surface area contributed by atoms with E-state index in [0.29, 0.717) is 28.9 Å². The Morgan fingerprint density at radius 3 is 1.09 bits per heavy atom. The largest absolute Gasteiger partial charge is 0.455 e. The highest BCUT2D eigenvalue weighted by Gasteiger charge is 2.26. The molecule has 129 heavy (non-hydrogen) atoms. The normalized spacial score (nSPS) is 13.2. The van der Waals surface area contributed by atoms with E-state index in [4.69, 9.17) is 16.8 Å². The Labute approximate surface area is 771 Å². The molecule has 0 N–H and O–H groups in total. The van der Waals surface area contributed by atoms with Crippen molar-refractivity contribution in [3.8, 4) is 89.5 Å². The fourth-order valence-corrected chi connectivity index (χ4v) is 20.9. The zero-order valence-corrected chi connectivity index (χ0v) is 72.7. The molecule has 616 valence electrons. The summed E-state index contributed by atoms with van der Waals surface area (Å²) in [5.74, 6) is 1.27. The van der Waals surface area contributed by atoms with Crippen molar-refractivity contribution >= 4 is 141 Å². The fraction of sp³-hybridized carbons (Fsp3) is 0.0732. The van der Waals surface area contributed by atoms with Crippen molar-refractivity contribution in [3.63, 3.8) is 0 Å². The van der Waals surface area contributed by atoms with Gasteiger partial charge in [0, 0.05) is 108 Å². The lowest BCUT2D eigenvalue weighted by Crippen LogP contribution is -1.98. The molecule has 0 aliphatic carbocycles. The highest BCUT2D eigenvalue weighted by Crippen LogP contribution is 2.50. The van der Waals surface area contributed by atoms with E-state index in [2.05, 4.69) is 340 Å². The number of hydrogen-bond donors (Lipinski definition) is 0. The van der Waals surface area contributed by atoms with E-state index in [1.807, 2.05) is 72.0 Å². The van der Waals surface area contributed by atoms with Crippen LogP contribution in [0.1, 0.15) is 92.4 Å². The SMILES string of the molecule is CC(C)c1ccc2c(c1)c1ccccc1n2-c1ccccc1-c1ccccc1-c1cccc2c1oc1ccccc12.CC(C)c1ccc2c(c1)c1ccccc1n2-c1ccccc1-c1ccccc1-c1cccc2c1sc1ccccc12.[2H]c1c([2H])c([2H])c(-n2c3c([2H])c([2H])c([2H])c([2H])c3c3c(-c4ccccc4-c4ccccc4-n4c5ccccc5c5cc(C(C)C)ccc54)c([2H])c([2H])c([2H])c32)c([2H])c1[2H]. The third-order valence-electron chi connectivity index (χ3n) is 25.8. The van der Waals surface area contributed by atoms with Crippen molar-refractivity contribution in [1.29, 1.82) is 0 Å². The van der Waals surface area contributed by atoms with Gasteiger partial charge in [0.25, 0.3) is 0 Å². The Kier molecular flexibility index (Phi) is 16.6. The van der Waals surface area contributed by atoms with E-state index in [9.17, 15) is 4.11 Å². The summed E-state index contributed by atoms with van der Waals surface area (Å²) in [6.45, 7) is 13.4. The van der Waals surface area contributed by atoms with Gasteiger partial charge in [-0.1, -0.05) is 363 Å². The summed E-state index contributed by atoms with van der Waals surface area (Å²) in [4.78, 5) is 0. The van der Waals surface area contributed by atoms with Crippen molar-refractivity contribution in [2.75, 3.05) is 0 Å². The van der Waals surface area contributed by atoms with Crippen molar-refractivity contribution in [3.05, 3.63) is 447 Å². The summed E-state index contributed by atoms with van der Waals surface area (Å²) >= 11 is 1.89. The van der Waals surface area contributed by atoms with Crippen LogP contribution in [0.15, 0.2) is 435 Å². The second-order valence-corrected chi connectivity index (χ2v) is 35.2. The number of thiophene rings is 1. The van der Waals surface area contributed by atoms with Crippen LogP contribution in [0.2, 0.25) is 0 Å². The molecule has 0 aliphatic rings. The summed E-state index contributed by atoms with van der Waals surface area (Å²) in [6, 6.07) is 120. The number of benzene rings is 19. The monoisotopic (exact) mass is 1680 g/mol. The molecule has 5 nitrogen and oxygen atoms in total. The number of nitrogens with zero attached hydrogens (tertiary/aromatic N) is 4. The van der Waals surface area contributed by atoms with E-state index >= 15 is 0 Å². The quantitative estimate of drug-likeness (QED) is 0.113. The smallest absolute Gasteiger partial charge is 0.143 e. The highest BCUT2D eigenvalue weighted by molar-refractivity contribution is 7.26. The number of furan rings is 1. The first-order valence-electron chi connectivity index (χ1n) is 50.1. The lowest BCUT2D eigenvalue weighted by Gasteiger charge is -2.17. The molecule has 0 spiro atoms. The van der Waals surface area contributed by atoms with Crippen LogP contribution in [0, 0.1) is 0 Å². The van der Waals surface area contributed by atoms with E-state index in [1.165, 1.54) is 125 Å². The van der Waals surface area contributed by atoms with Crippen LogP contribution in [0.25, 0.3) is 219 Å². The van der Waals surface area contributed by atoms with Crippen LogP contribution in [-0.4, -0.2) is 18.3 Å². The van der Waals surface area contributed by atoms with Gasteiger partial charge in [-0.3, -0.25) is 0 Å². The number of aromatic nitrogens is 4. The third-order valence-corrected chi connectivity index (χ3v) is 27.0. The van der Waals surface area contributed by atoms with Gasteiger partial charge in [-0.25, -0.2) is 0 Å². The molecule has 25 aromatic rings. The van der Waals surface area contributed by atoms with Crippen LogP contribution >= 0.6 is 11.3 Å². The van der Waals surface area contributed by atoms with Gasteiger partial charge in [0.15, 0.2) is 0 Å². The molecule has 0 fully saturated rings. The molecule has 0 bridgehead atoms. The van der Waals surface area contributed by atoms with Crippen molar-refractivity contribution in [2.24, 2.45) is 0 Å². The van der Waals surface area contributed by atoms with Crippen LogP contribution in [0.3, 0.4) is 0 Å². The number of fused-ring (bicyclic) bond motifs is 18. The number of para-hydroxylation sites is 10. The van der Waals surface area contributed by atoms with E-state index in [-0.39, 0.29) is 33.4 Å². The minimum atomic E-state index is -0.681. The predicted octanol–water partition coefficient (Wildman–Crippen LogP) is 35.1. The predicted molar refractivity (Wildman–Crippen MR) is 552 cm³/mol. The molecule has 0 atom stereocenters. The Morgan fingerprint density at radius 2 is 0.589 bits per heavy atom. The van der Waals surface area contributed by atoms with Gasteiger partial charge in [0.05, 0.1) is 77.6 Å². The second kappa shape index (κ2) is 32.4. The molecule has 19 aromatic carbocycles. The van der Waals surface area contributed by atoms with Crippen LogP contribution < -0.4 is 0 Å². The summed E-state index contributed by atoms with van der Waals surface area (Å²) < 4.78 is 124. The maximum Gasteiger partial charge on any atom is 0.143 e. The third kappa shape index (κ3) is 13.3. The van der Waals surface area contributed by atoms with Gasteiger partial charge >= 0.3 is 0 Å². The van der Waals surface area contributed by atoms with Crippen LogP contribution in [-0.2, 0) is 0 Å². The topological polar surface area (TPSA) is 32.9 Å². The molecule has 25 rings (SSSR count). The van der Waals surface area contributed by atoms with Crippen molar-refractivity contribution in [2.45, 2.75) is 59.3 Å². The Bertz CT molecular complexity index is 9140. The summed E-state index contributed by atoms with van der Waals surface area (Å²) in [7, 11) is 0. The van der Waals surface area contributed by atoms with E-state index in [0.717, 1.165) is 70.7 Å². The molecular weight excluding hydrogens is 1580 g/mol. The zero-order valence-electron chi connectivity index (χ0n) is 83.9. The molecule has 0 unspecified atom stereocenters. The standard InChI is InChI=1S/C45H34N2.C39H29NO.C39H29NS/c1-30(2)31-27-28-43-39(29-31)36-20-9-12-24-41(36)47(43)40-23-11-8-19-35(40)33-17-6-7-18-34(33)37-22-14-26-44-45(37)38-21-10-13-25-42(38)46(44)32-15-4-3-5-16-32;2*1-25(2)26-22-23-37-34(24-26)30-15-6-9-20-36(30)40(37)35-19-8-5-14-29(35)27-12-3-4-13-28(27)32-17-11-18-33-31-16-7-10-21-38(31)41-39(32)33/h3-30H,1-2H3;2*3-25H,1-2H3/i3D,4D,5D,10D,13D,14D,15D,16D,21D,22D,25D,26D;;. The first kappa shape index (κ1) is 65.9. The van der Waals surface area contributed by atoms with E-state index in [1.54, 1.807) is 12.1 Å². The first-order valence-corrected chi connectivity index (χ1v) is 44.9. The minimum Gasteiger partial charge on any atom is -0.455 e. The van der Waals surface area contributed by atoms with Gasteiger partial charge in [0.1, 0.15) is 11.2 Å². The summed E-state index contributed by atoms with van der Waals surface area (Å²) in [5.41, 5.74) is 26.5. The molecule has 0 amide bonds. The van der Waals surface area contributed by atoms with Crippen molar-refractivity contribution in [1.82, 2.24) is 18.3 Å². The van der Waals surface area contributed by atoms with Crippen LogP contribution in [0.4, 0.5) is 0 Å². The molecule has 0 radical (unpaired) electrons. The van der Waals surface area contributed by atoms with Gasteiger partial charge in [-0.05, 0) is 182 Å². The number of hydrogen-bond acceptors (Lipinski definition) is 2. The maximum absolute atomic E-state index is 9.50. The van der Waals surface area contributed by atoms with Gasteiger partial charge in [0.2, 0.25) is 0 Å². The lowest BCUT2D eigenvalue weighted by molar-refractivity contribution is 0.670. The summed E-state index contributed by atoms with van der Waals surface area (Å²) in [6.07, 6.45) is 0. The molecular formula is C123H92N4OS. The lowest BCUT2D eigenvalue weighted by atomic mass is 9.91. The minimum absolute atomic E-state index is 0.0211. The average Bonchev–Trinajstić information content (AvgIpc) is 1.53. The second-order valence-electron chi connectivity index (χ2n) is 34.1. The average molecular weight is 1690 g/mol. The van der Waals surface area contributed by atoms with Crippen LogP contribution in [0.5, 0.6) is 0 Å². The van der Waals surface area contributed by atoms with Gasteiger partial charge in [-0.2, -0.15) is 0 Å². The zero-order chi connectivity index (χ0) is 96.9. The van der Waals surface area contributed by atoms with E-state index < -0.39 is 72.2 Å². The Hall–Kier alpha value is -15.6.